The molecule has 0 fully saturated rings. The van der Waals surface area contributed by atoms with Gasteiger partial charge >= 0.3 is 0 Å². The highest BCUT2D eigenvalue weighted by Gasteiger charge is 2.18. The third-order valence-electron chi connectivity index (χ3n) is 5.66. The predicted octanol–water partition coefficient (Wildman–Crippen LogP) is 0.226. The van der Waals surface area contributed by atoms with Crippen molar-refractivity contribution in [2.24, 2.45) is 0 Å². The number of phenols is 1. The van der Waals surface area contributed by atoms with Gasteiger partial charge in [-0.1, -0.05) is 13.8 Å². The Hall–Kier alpha value is -3.50. The van der Waals surface area contributed by atoms with Crippen molar-refractivity contribution in [3.63, 3.8) is 0 Å². The van der Waals surface area contributed by atoms with Crippen molar-refractivity contribution in [1.82, 2.24) is 31.2 Å². The quantitative estimate of drug-likeness (QED) is 0.159. The van der Waals surface area contributed by atoms with Crippen molar-refractivity contribution in [2.45, 2.75) is 33.6 Å². The third-order valence-corrected chi connectivity index (χ3v) is 5.66. The van der Waals surface area contributed by atoms with Gasteiger partial charge in [0.15, 0.2) is 0 Å². The van der Waals surface area contributed by atoms with E-state index < -0.39 is 10.9 Å². The van der Waals surface area contributed by atoms with Gasteiger partial charge in [0.25, 0.3) is 5.91 Å². The van der Waals surface area contributed by atoms with Crippen LogP contribution in [-0.4, -0.2) is 60.3 Å². The highest BCUT2D eigenvalue weighted by atomic mass is 16.3. The van der Waals surface area contributed by atoms with E-state index in [-0.39, 0.29) is 44.9 Å². The number of rotatable bonds is 12. The van der Waals surface area contributed by atoms with Crippen LogP contribution < -0.4 is 37.3 Å². The van der Waals surface area contributed by atoms with Gasteiger partial charge in [0, 0.05) is 37.9 Å². The Bertz CT molecular complexity index is 1370. The minimum Gasteiger partial charge on any atom is -0.507 e. The molecule has 0 saturated heterocycles. The van der Waals surface area contributed by atoms with Crippen molar-refractivity contribution in [2.75, 3.05) is 39.3 Å². The molecule has 3 aromatic rings. The number of hydrogen-bond acceptors (Lipinski definition) is 8. The molecule has 0 spiro atoms. The molecule has 188 valence electrons. The number of aromatic hydroxyl groups is 1. The van der Waals surface area contributed by atoms with Gasteiger partial charge in [-0.25, -0.2) is 4.98 Å². The standard InChI is InChI=1S/C25H34N6O4/c1-4-8-26-10-11-28-14-17-20-22(24(34)15(3)23(17)33)31-19-16(6-7-18(32)21(19)30-20)25(35)29-13-12-27-9-5-2/h6-7,14,26-28,31,33H,4-5,8-13H2,1-3H3,(H,29,35). The molecule has 0 atom stereocenters. The molecule has 1 heterocycles. The number of nitrogens with zero attached hydrogens (tertiary/aromatic N) is 1. The summed E-state index contributed by atoms with van der Waals surface area (Å²) in [5, 5.41) is 23.4. The molecule has 6 N–H and O–H groups in total. The first-order chi connectivity index (χ1) is 16.9. The van der Waals surface area contributed by atoms with Crippen LogP contribution in [0.1, 0.15) is 42.6 Å². The molecule has 35 heavy (non-hydrogen) atoms. The van der Waals surface area contributed by atoms with Crippen molar-refractivity contribution in [3.05, 3.63) is 48.9 Å². The van der Waals surface area contributed by atoms with Gasteiger partial charge in [0.2, 0.25) is 10.9 Å². The highest BCUT2D eigenvalue weighted by Crippen LogP contribution is 2.17. The first-order valence-electron chi connectivity index (χ1n) is 12.1. The molecular formula is C25H34N6O4. The Morgan fingerprint density at radius 3 is 2.34 bits per heavy atom. The maximum atomic E-state index is 13.0. The molecule has 0 saturated carbocycles. The third kappa shape index (κ3) is 5.95. The summed E-state index contributed by atoms with van der Waals surface area (Å²) < 4.78 is 0. The molecular weight excluding hydrogens is 448 g/mol. The van der Waals surface area contributed by atoms with Gasteiger partial charge in [-0.05, 0) is 45.0 Å². The molecule has 0 aliphatic carbocycles. The molecule has 0 bridgehead atoms. The number of hydrogen-bond donors (Lipinski definition) is 6. The number of carbonyl (C=O) groups is 1. The molecule has 0 radical (unpaired) electrons. The average molecular weight is 483 g/mol. The van der Waals surface area contributed by atoms with E-state index in [9.17, 15) is 19.5 Å². The second-order valence-corrected chi connectivity index (χ2v) is 8.37. The number of carbonyl (C=O) groups excluding carboxylic acids is 1. The second-order valence-electron chi connectivity index (χ2n) is 8.37. The fourth-order valence-corrected chi connectivity index (χ4v) is 3.75. The topological polar surface area (TPSA) is 148 Å². The number of fused-ring (bicyclic) bond motifs is 2. The number of H-pyrrole nitrogens is 1. The lowest BCUT2D eigenvalue weighted by Gasteiger charge is -2.11. The van der Waals surface area contributed by atoms with E-state index in [1.807, 2.05) is 0 Å². The zero-order chi connectivity index (χ0) is 25.4. The predicted molar refractivity (Wildman–Crippen MR) is 139 cm³/mol. The van der Waals surface area contributed by atoms with Gasteiger partial charge in [-0.3, -0.25) is 14.4 Å². The Morgan fingerprint density at radius 1 is 0.971 bits per heavy atom. The number of aromatic amines is 1. The maximum Gasteiger partial charge on any atom is 0.253 e. The number of amides is 1. The van der Waals surface area contributed by atoms with Gasteiger partial charge in [-0.15, -0.1) is 0 Å². The molecule has 2 aromatic carbocycles. The van der Waals surface area contributed by atoms with Crippen molar-refractivity contribution >= 4 is 34.2 Å². The van der Waals surface area contributed by atoms with Crippen LogP contribution in [0.25, 0.3) is 28.3 Å². The van der Waals surface area contributed by atoms with Crippen LogP contribution >= 0.6 is 0 Å². The van der Waals surface area contributed by atoms with Crippen molar-refractivity contribution in [1.29, 1.82) is 0 Å². The SMILES string of the molecule is CCCNCCNC=c1c(O)c(C)c(=O)c2[nH]c3c(C(=O)NCCNCCC)ccc(=O)c3nc12. The monoisotopic (exact) mass is 482 g/mol. The number of aromatic nitrogens is 2. The van der Waals surface area contributed by atoms with Gasteiger partial charge < -0.3 is 31.4 Å². The second kappa shape index (κ2) is 12.3. The fraction of sp³-hybridized carbons (Fsp3) is 0.440. The number of benzene rings is 2. The zero-order valence-electron chi connectivity index (χ0n) is 20.5. The summed E-state index contributed by atoms with van der Waals surface area (Å²) in [6, 6.07) is 2.71. The van der Waals surface area contributed by atoms with Crippen LogP contribution in [0.5, 0.6) is 5.75 Å². The fourth-order valence-electron chi connectivity index (χ4n) is 3.75. The van der Waals surface area contributed by atoms with E-state index in [0.29, 0.717) is 24.9 Å². The Morgan fingerprint density at radius 2 is 1.66 bits per heavy atom. The number of nitrogens with one attached hydrogen (secondary N) is 5. The molecule has 10 nitrogen and oxygen atoms in total. The molecule has 0 aliphatic heterocycles. The molecule has 0 unspecified atom stereocenters. The summed E-state index contributed by atoms with van der Waals surface area (Å²) >= 11 is 0. The summed E-state index contributed by atoms with van der Waals surface area (Å²) in [7, 11) is 0. The van der Waals surface area contributed by atoms with Crippen LogP contribution in [-0.2, 0) is 0 Å². The van der Waals surface area contributed by atoms with E-state index in [4.69, 9.17) is 0 Å². The normalized spacial score (nSPS) is 11.9. The molecule has 1 amide bonds. The molecule has 1 aromatic heterocycles. The lowest BCUT2D eigenvalue weighted by molar-refractivity contribution is 0.0955. The minimum atomic E-state index is -0.444. The van der Waals surface area contributed by atoms with Crippen LogP contribution in [0.15, 0.2) is 21.7 Å². The van der Waals surface area contributed by atoms with E-state index in [0.717, 1.165) is 32.5 Å². The lowest BCUT2D eigenvalue weighted by atomic mass is 10.1. The highest BCUT2D eigenvalue weighted by molar-refractivity contribution is 6.06. The van der Waals surface area contributed by atoms with Crippen LogP contribution in [0.2, 0.25) is 0 Å². The van der Waals surface area contributed by atoms with Gasteiger partial charge in [0.05, 0.1) is 16.3 Å². The zero-order valence-corrected chi connectivity index (χ0v) is 20.5. The van der Waals surface area contributed by atoms with E-state index in [1.165, 1.54) is 19.1 Å². The number of phenolic OH excluding ortho intramolecular Hbond substituents is 1. The molecule has 10 heteroatoms. The van der Waals surface area contributed by atoms with E-state index >= 15 is 0 Å². The summed E-state index contributed by atoms with van der Waals surface area (Å²) in [6.45, 7) is 9.78. The van der Waals surface area contributed by atoms with Crippen LogP contribution in [0, 0.1) is 6.92 Å². The largest absolute Gasteiger partial charge is 0.507 e. The Balaban J connectivity index is 2.06. The Kier molecular flexibility index (Phi) is 9.16. The van der Waals surface area contributed by atoms with E-state index in [2.05, 4.69) is 45.1 Å². The van der Waals surface area contributed by atoms with Crippen molar-refractivity contribution in [3.8, 4) is 5.75 Å². The summed E-state index contributed by atoms with van der Waals surface area (Å²) in [5.74, 6) is -0.570. The molecule has 3 rings (SSSR count). The maximum absolute atomic E-state index is 13.0. The summed E-state index contributed by atoms with van der Waals surface area (Å²) in [4.78, 5) is 45.9. The smallest absolute Gasteiger partial charge is 0.253 e. The first kappa shape index (κ1) is 26.1. The minimum absolute atomic E-state index is 0.0242. The summed E-state index contributed by atoms with van der Waals surface area (Å²) in [5.41, 5.74) is 0.0329. The van der Waals surface area contributed by atoms with Crippen LogP contribution in [0.4, 0.5) is 0 Å². The van der Waals surface area contributed by atoms with Crippen molar-refractivity contribution < 1.29 is 9.90 Å². The molecule has 0 aliphatic rings. The Labute approximate surface area is 203 Å². The van der Waals surface area contributed by atoms with E-state index in [1.54, 1.807) is 6.20 Å². The van der Waals surface area contributed by atoms with Crippen LogP contribution in [0.3, 0.4) is 0 Å². The summed E-state index contributed by atoms with van der Waals surface area (Å²) in [6.07, 6.45) is 3.61. The first-order valence-corrected chi connectivity index (χ1v) is 12.1. The lowest BCUT2D eigenvalue weighted by Crippen LogP contribution is -2.32. The van der Waals surface area contributed by atoms with Gasteiger partial charge in [0.1, 0.15) is 22.3 Å². The average Bonchev–Trinajstić information content (AvgIpc) is 2.86. The van der Waals surface area contributed by atoms with Gasteiger partial charge in [-0.2, -0.15) is 0 Å².